The quantitative estimate of drug-likeness (QED) is 0.648. The highest BCUT2D eigenvalue weighted by Crippen LogP contribution is 2.48. The van der Waals surface area contributed by atoms with Gasteiger partial charge < -0.3 is 0 Å². The largest absolute Gasteiger partial charge is 0.0991 e. The summed E-state index contributed by atoms with van der Waals surface area (Å²) in [6.45, 7) is 3.67. The molecule has 1 aliphatic rings. The molecule has 1 aromatic carbocycles. The SMILES string of the molecule is C=CC=CC1CC1c1ccc(Cl)cc1. The van der Waals surface area contributed by atoms with Gasteiger partial charge in [0.1, 0.15) is 0 Å². The fraction of sp³-hybridized carbons (Fsp3) is 0.231. The summed E-state index contributed by atoms with van der Waals surface area (Å²) in [6, 6.07) is 8.16. The standard InChI is InChI=1S/C13H13Cl/c1-2-3-4-11-9-13(11)10-5-7-12(14)8-6-10/h2-8,11,13H,1,9H2. The van der Waals surface area contributed by atoms with Gasteiger partial charge in [-0.15, -0.1) is 0 Å². The van der Waals surface area contributed by atoms with E-state index in [0.29, 0.717) is 11.8 Å². The van der Waals surface area contributed by atoms with Gasteiger partial charge in [0, 0.05) is 5.02 Å². The zero-order valence-corrected chi connectivity index (χ0v) is 8.74. The minimum absolute atomic E-state index is 0.698. The van der Waals surface area contributed by atoms with Gasteiger partial charge in [-0.2, -0.15) is 0 Å². The van der Waals surface area contributed by atoms with Crippen molar-refractivity contribution in [3.05, 3.63) is 59.7 Å². The Morgan fingerprint density at radius 2 is 2.00 bits per heavy atom. The number of hydrogen-bond donors (Lipinski definition) is 0. The van der Waals surface area contributed by atoms with Gasteiger partial charge in [-0.3, -0.25) is 0 Å². The molecule has 0 radical (unpaired) electrons. The average molecular weight is 205 g/mol. The lowest BCUT2D eigenvalue weighted by molar-refractivity contribution is 1.01. The summed E-state index contributed by atoms with van der Waals surface area (Å²) in [4.78, 5) is 0. The van der Waals surface area contributed by atoms with E-state index >= 15 is 0 Å². The molecule has 0 heterocycles. The van der Waals surface area contributed by atoms with E-state index in [1.165, 1.54) is 12.0 Å². The molecule has 1 saturated carbocycles. The Morgan fingerprint density at radius 1 is 1.29 bits per heavy atom. The van der Waals surface area contributed by atoms with Crippen LogP contribution in [0.2, 0.25) is 5.02 Å². The second-order valence-electron chi connectivity index (χ2n) is 3.68. The molecule has 0 spiro atoms. The molecule has 1 heteroatoms. The molecule has 2 atom stereocenters. The third-order valence-electron chi connectivity index (χ3n) is 2.63. The van der Waals surface area contributed by atoms with E-state index in [4.69, 9.17) is 11.6 Å². The highest BCUT2D eigenvalue weighted by Gasteiger charge is 2.35. The van der Waals surface area contributed by atoms with Crippen LogP contribution in [0.1, 0.15) is 17.9 Å². The van der Waals surface area contributed by atoms with E-state index in [1.807, 2.05) is 24.3 Å². The normalized spacial score (nSPS) is 25.2. The summed E-state index contributed by atoms with van der Waals surface area (Å²) in [5, 5.41) is 0.813. The lowest BCUT2D eigenvalue weighted by Gasteiger charge is -1.97. The van der Waals surface area contributed by atoms with Crippen LogP contribution in [-0.4, -0.2) is 0 Å². The molecule has 2 unspecified atom stereocenters. The van der Waals surface area contributed by atoms with Gasteiger partial charge in [0.25, 0.3) is 0 Å². The predicted molar refractivity (Wildman–Crippen MR) is 61.6 cm³/mol. The van der Waals surface area contributed by atoms with Crippen molar-refractivity contribution >= 4 is 11.6 Å². The molecular formula is C13H13Cl. The Balaban J connectivity index is 2.02. The molecule has 0 saturated heterocycles. The number of hydrogen-bond acceptors (Lipinski definition) is 0. The Labute approximate surface area is 89.9 Å². The first-order valence-electron chi connectivity index (χ1n) is 4.86. The zero-order valence-electron chi connectivity index (χ0n) is 7.99. The van der Waals surface area contributed by atoms with Gasteiger partial charge in [0.05, 0.1) is 0 Å². The van der Waals surface area contributed by atoms with Crippen molar-refractivity contribution in [2.75, 3.05) is 0 Å². The van der Waals surface area contributed by atoms with Gasteiger partial charge in [0.15, 0.2) is 0 Å². The predicted octanol–water partition coefficient (Wildman–Crippen LogP) is 4.19. The summed E-state index contributed by atoms with van der Waals surface area (Å²) < 4.78 is 0. The third-order valence-corrected chi connectivity index (χ3v) is 2.88. The lowest BCUT2D eigenvalue weighted by atomic mass is 10.1. The highest BCUT2D eigenvalue weighted by molar-refractivity contribution is 6.30. The molecule has 2 rings (SSSR count). The molecular weight excluding hydrogens is 192 g/mol. The van der Waals surface area contributed by atoms with Gasteiger partial charge in [-0.1, -0.05) is 48.5 Å². The van der Waals surface area contributed by atoms with Crippen molar-refractivity contribution in [1.82, 2.24) is 0 Å². The van der Waals surface area contributed by atoms with Crippen molar-refractivity contribution < 1.29 is 0 Å². The number of rotatable bonds is 3. The second-order valence-corrected chi connectivity index (χ2v) is 4.11. The maximum Gasteiger partial charge on any atom is 0.0406 e. The highest BCUT2D eigenvalue weighted by atomic mass is 35.5. The van der Waals surface area contributed by atoms with E-state index in [9.17, 15) is 0 Å². The summed E-state index contributed by atoms with van der Waals surface area (Å²) in [5.41, 5.74) is 1.40. The van der Waals surface area contributed by atoms with E-state index in [2.05, 4.69) is 24.8 Å². The first kappa shape index (κ1) is 9.54. The van der Waals surface area contributed by atoms with Gasteiger partial charge in [0.2, 0.25) is 0 Å². The summed E-state index contributed by atoms with van der Waals surface area (Å²) in [6.07, 6.45) is 7.34. The van der Waals surface area contributed by atoms with Crippen LogP contribution >= 0.6 is 11.6 Å². The van der Waals surface area contributed by atoms with Crippen molar-refractivity contribution in [2.45, 2.75) is 12.3 Å². The molecule has 72 valence electrons. The van der Waals surface area contributed by atoms with Crippen LogP contribution in [0, 0.1) is 5.92 Å². The van der Waals surface area contributed by atoms with E-state index in [-0.39, 0.29) is 0 Å². The van der Waals surface area contributed by atoms with Gasteiger partial charge in [-0.05, 0) is 36.0 Å². The van der Waals surface area contributed by atoms with E-state index < -0.39 is 0 Å². The average Bonchev–Trinajstić information content (AvgIpc) is 2.95. The van der Waals surface area contributed by atoms with Crippen molar-refractivity contribution in [1.29, 1.82) is 0 Å². The van der Waals surface area contributed by atoms with Crippen LogP contribution in [0.5, 0.6) is 0 Å². The molecule has 0 amide bonds. The van der Waals surface area contributed by atoms with Crippen LogP contribution < -0.4 is 0 Å². The minimum Gasteiger partial charge on any atom is -0.0991 e. The topological polar surface area (TPSA) is 0 Å². The number of benzene rings is 1. The smallest absolute Gasteiger partial charge is 0.0406 e. The molecule has 0 aliphatic heterocycles. The summed E-state index contributed by atoms with van der Waals surface area (Å²) in [7, 11) is 0. The molecule has 1 fully saturated rings. The van der Waals surface area contributed by atoms with E-state index in [0.717, 1.165) is 5.02 Å². The van der Waals surface area contributed by atoms with Crippen LogP contribution in [0.25, 0.3) is 0 Å². The van der Waals surface area contributed by atoms with Gasteiger partial charge in [-0.25, -0.2) is 0 Å². The first-order valence-corrected chi connectivity index (χ1v) is 5.24. The molecule has 0 nitrogen and oxygen atoms in total. The summed E-state index contributed by atoms with van der Waals surface area (Å²) >= 11 is 5.83. The Hall–Kier alpha value is -1.01. The molecule has 0 aromatic heterocycles. The second kappa shape index (κ2) is 4.02. The molecule has 0 bridgehead atoms. The summed E-state index contributed by atoms with van der Waals surface area (Å²) in [5.74, 6) is 1.40. The minimum atomic E-state index is 0.698. The number of allylic oxidation sites excluding steroid dienone is 3. The fourth-order valence-corrected chi connectivity index (χ4v) is 1.87. The molecule has 1 aliphatic carbocycles. The van der Waals surface area contributed by atoms with Crippen molar-refractivity contribution in [3.8, 4) is 0 Å². The molecule has 0 N–H and O–H groups in total. The Morgan fingerprint density at radius 3 is 2.64 bits per heavy atom. The maximum atomic E-state index is 5.83. The first-order chi connectivity index (χ1) is 6.81. The zero-order chi connectivity index (χ0) is 9.97. The Kier molecular flexibility index (Phi) is 2.74. The monoisotopic (exact) mass is 204 g/mol. The maximum absolute atomic E-state index is 5.83. The van der Waals surface area contributed by atoms with Crippen LogP contribution in [0.3, 0.4) is 0 Å². The molecule has 14 heavy (non-hydrogen) atoms. The van der Waals surface area contributed by atoms with Gasteiger partial charge >= 0.3 is 0 Å². The van der Waals surface area contributed by atoms with Crippen LogP contribution in [0.15, 0.2) is 49.1 Å². The Bertz CT molecular complexity index is 348. The van der Waals surface area contributed by atoms with Crippen LogP contribution in [-0.2, 0) is 0 Å². The number of halogens is 1. The molecule has 1 aromatic rings. The third kappa shape index (κ3) is 2.08. The fourth-order valence-electron chi connectivity index (χ4n) is 1.74. The van der Waals surface area contributed by atoms with Crippen molar-refractivity contribution in [2.24, 2.45) is 5.92 Å². The van der Waals surface area contributed by atoms with E-state index in [1.54, 1.807) is 0 Å². The van der Waals surface area contributed by atoms with Crippen LogP contribution in [0.4, 0.5) is 0 Å². The van der Waals surface area contributed by atoms with Crippen molar-refractivity contribution in [3.63, 3.8) is 0 Å². The lowest BCUT2D eigenvalue weighted by Crippen LogP contribution is -1.80.